The van der Waals surface area contributed by atoms with E-state index in [9.17, 15) is 0 Å². The number of benzene rings is 3. The summed E-state index contributed by atoms with van der Waals surface area (Å²) in [5.74, 6) is 0.771. The van der Waals surface area contributed by atoms with Crippen molar-refractivity contribution in [1.29, 1.82) is 0 Å². The van der Waals surface area contributed by atoms with Gasteiger partial charge in [-0.25, -0.2) is 0 Å². The maximum Gasteiger partial charge on any atom is 0.152 e. The summed E-state index contributed by atoms with van der Waals surface area (Å²) >= 11 is 4.26. The molecule has 0 spiro atoms. The minimum absolute atomic E-state index is 0.771. The molecule has 1 aliphatic heterocycles. The van der Waals surface area contributed by atoms with Gasteiger partial charge in [0.05, 0.1) is 0 Å². The van der Waals surface area contributed by atoms with E-state index in [1.54, 1.807) is 6.08 Å². The van der Waals surface area contributed by atoms with Crippen molar-refractivity contribution in [1.82, 2.24) is 0 Å². The standard InChI is InChI=1S/C17H11BOS/c18-17(20)10-9-15-14-6-5-11-3-1-2-4-12(11)13(14)7-8-16(15)19-17/h1-10,20H. The van der Waals surface area contributed by atoms with Gasteiger partial charge in [-0.05, 0) is 33.7 Å². The van der Waals surface area contributed by atoms with E-state index in [2.05, 4.69) is 55.1 Å². The van der Waals surface area contributed by atoms with Crippen LogP contribution in [0.5, 0.6) is 5.75 Å². The number of hydrogen-bond acceptors (Lipinski definition) is 2. The van der Waals surface area contributed by atoms with Crippen LogP contribution in [0.15, 0.2) is 54.6 Å². The molecule has 20 heavy (non-hydrogen) atoms. The molecule has 94 valence electrons. The fourth-order valence-corrected chi connectivity index (χ4v) is 2.94. The number of hydrogen-bond donors (Lipinski definition) is 1. The Hall–Kier alpha value is -1.87. The van der Waals surface area contributed by atoms with E-state index in [1.807, 2.05) is 12.1 Å². The smallest absolute Gasteiger partial charge is 0.152 e. The number of fused-ring (bicyclic) bond motifs is 5. The normalized spacial score (nSPS) is 20.9. The Labute approximate surface area is 124 Å². The van der Waals surface area contributed by atoms with Crippen molar-refractivity contribution < 1.29 is 4.74 Å². The van der Waals surface area contributed by atoms with Crippen LogP contribution in [0.4, 0.5) is 0 Å². The zero-order chi connectivity index (χ0) is 13.7. The maximum absolute atomic E-state index is 5.88. The maximum atomic E-state index is 5.88. The molecule has 0 bridgehead atoms. The largest absolute Gasteiger partial charge is 0.483 e. The number of thiol groups is 1. The highest BCUT2D eigenvalue weighted by Crippen LogP contribution is 2.38. The Bertz CT molecular complexity index is 867. The summed E-state index contributed by atoms with van der Waals surface area (Å²) in [6.07, 6.45) is 3.76. The van der Waals surface area contributed by atoms with Gasteiger partial charge in [0.25, 0.3) is 0 Å². The minimum Gasteiger partial charge on any atom is -0.483 e. The molecule has 0 N–H and O–H groups in total. The number of rotatable bonds is 0. The third kappa shape index (κ3) is 1.74. The first-order valence-corrected chi connectivity index (χ1v) is 6.93. The first-order valence-electron chi connectivity index (χ1n) is 6.48. The van der Waals surface area contributed by atoms with Gasteiger partial charge in [-0.3, -0.25) is 0 Å². The van der Waals surface area contributed by atoms with Crippen LogP contribution in [0.1, 0.15) is 5.56 Å². The first-order chi connectivity index (χ1) is 9.64. The summed E-state index contributed by atoms with van der Waals surface area (Å²) < 4.78 is 5.69. The molecule has 1 atom stereocenters. The Kier molecular flexibility index (Phi) is 2.42. The summed E-state index contributed by atoms with van der Waals surface area (Å²) in [5.41, 5.74) is 1.06. The second-order valence-corrected chi connectivity index (χ2v) is 5.75. The van der Waals surface area contributed by atoms with Gasteiger partial charge in [-0.1, -0.05) is 48.5 Å². The molecule has 0 fully saturated rings. The lowest BCUT2D eigenvalue weighted by molar-refractivity contribution is 0.294. The van der Waals surface area contributed by atoms with E-state index in [-0.39, 0.29) is 0 Å². The van der Waals surface area contributed by atoms with Crippen LogP contribution in [0.2, 0.25) is 0 Å². The van der Waals surface area contributed by atoms with E-state index >= 15 is 0 Å². The van der Waals surface area contributed by atoms with E-state index in [4.69, 9.17) is 12.6 Å². The molecule has 2 radical (unpaired) electrons. The Morgan fingerprint density at radius 1 is 0.900 bits per heavy atom. The molecule has 1 unspecified atom stereocenters. The van der Waals surface area contributed by atoms with Crippen molar-refractivity contribution in [2.45, 2.75) is 4.83 Å². The Morgan fingerprint density at radius 3 is 2.60 bits per heavy atom. The molecule has 3 aromatic carbocycles. The SMILES string of the molecule is [B]C1(S)C=Cc2c(ccc3c2ccc2ccccc23)O1. The van der Waals surface area contributed by atoms with E-state index in [1.165, 1.54) is 21.5 Å². The van der Waals surface area contributed by atoms with Crippen LogP contribution in [0, 0.1) is 0 Å². The van der Waals surface area contributed by atoms with Crippen LogP contribution < -0.4 is 4.74 Å². The molecule has 0 aliphatic carbocycles. The predicted molar refractivity (Wildman–Crippen MR) is 88.6 cm³/mol. The van der Waals surface area contributed by atoms with E-state index in [0.29, 0.717) is 0 Å². The quantitative estimate of drug-likeness (QED) is 0.368. The lowest BCUT2D eigenvalue weighted by atomic mass is 9.92. The highest BCUT2D eigenvalue weighted by atomic mass is 32.1. The van der Waals surface area contributed by atoms with Crippen molar-refractivity contribution in [3.63, 3.8) is 0 Å². The van der Waals surface area contributed by atoms with Crippen molar-refractivity contribution in [3.05, 3.63) is 60.2 Å². The molecule has 0 saturated heterocycles. The molecule has 4 rings (SSSR count). The molecule has 1 nitrogen and oxygen atoms in total. The van der Waals surface area contributed by atoms with Crippen LogP contribution in [0.25, 0.3) is 27.6 Å². The average molecular weight is 274 g/mol. The van der Waals surface area contributed by atoms with Gasteiger partial charge in [0.2, 0.25) is 0 Å². The van der Waals surface area contributed by atoms with Crippen molar-refractivity contribution in [2.24, 2.45) is 0 Å². The van der Waals surface area contributed by atoms with Gasteiger partial charge in [0.15, 0.2) is 7.85 Å². The molecule has 3 aromatic rings. The number of ether oxygens (including phenoxy) is 1. The second kappa shape index (κ2) is 4.06. The minimum atomic E-state index is -1.03. The Morgan fingerprint density at radius 2 is 1.70 bits per heavy atom. The second-order valence-electron chi connectivity index (χ2n) is 5.05. The van der Waals surface area contributed by atoms with Crippen molar-refractivity contribution in [2.75, 3.05) is 0 Å². The topological polar surface area (TPSA) is 9.23 Å². The van der Waals surface area contributed by atoms with Gasteiger partial charge < -0.3 is 4.74 Å². The zero-order valence-corrected chi connectivity index (χ0v) is 11.6. The molecular weight excluding hydrogens is 263 g/mol. The highest BCUT2D eigenvalue weighted by molar-refractivity contribution is 7.83. The molecule has 0 aromatic heterocycles. The molecule has 1 aliphatic rings. The monoisotopic (exact) mass is 274 g/mol. The van der Waals surface area contributed by atoms with Crippen LogP contribution >= 0.6 is 12.6 Å². The van der Waals surface area contributed by atoms with Crippen molar-refractivity contribution >= 4 is 48.1 Å². The van der Waals surface area contributed by atoms with E-state index < -0.39 is 4.83 Å². The molecule has 3 heteroatoms. The van der Waals surface area contributed by atoms with Crippen molar-refractivity contribution in [3.8, 4) is 5.75 Å². The lowest BCUT2D eigenvalue weighted by Crippen LogP contribution is -2.29. The van der Waals surface area contributed by atoms with Crippen LogP contribution in [-0.4, -0.2) is 12.7 Å². The summed E-state index contributed by atoms with van der Waals surface area (Å²) in [6.45, 7) is 0. The van der Waals surface area contributed by atoms with Gasteiger partial charge in [0, 0.05) is 5.56 Å². The summed E-state index contributed by atoms with van der Waals surface area (Å²) in [4.78, 5) is -1.03. The zero-order valence-electron chi connectivity index (χ0n) is 10.7. The molecule has 1 heterocycles. The molecule has 0 amide bonds. The highest BCUT2D eigenvalue weighted by Gasteiger charge is 2.23. The molecular formula is C17H11BOS. The van der Waals surface area contributed by atoms with Crippen LogP contribution in [0.3, 0.4) is 0 Å². The summed E-state index contributed by atoms with van der Waals surface area (Å²) in [7, 11) is 5.88. The van der Waals surface area contributed by atoms with Gasteiger partial charge in [-0.2, -0.15) is 0 Å². The molecule has 0 saturated carbocycles. The third-order valence-corrected chi connectivity index (χ3v) is 3.93. The van der Waals surface area contributed by atoms with Gasteiger partial charge in [0.1, 0.15) is 10.6 Å². The van der Waals surface area contributed by atoms with E-state index in [0.717, 1.165) is 11.3 Å². The van der Waals surface area contributed by atoms with Crippen LogP contribution in [-0.2, 0) is 0 Å². The lowest BCUT2D eigenvalue weighted by Gasteiger charge is -2.28. The summed E-state index contributed by atoms with van der Waals surface area (Å²) in [6, 6.07) is 16.7. The van der Waals surface area contributed by atoms with Gasteiger partial charge >= 0.3 is 0 Å². The predicted octanol–water partition coefficient (Wildman–Crippen LogP) is 4.15. The third-order valence-electron chi connectivity index (χ3n) is 3.69. The fraction of sp³-hybridized carbons (Fsp3) is 0.0588. The van der Waals surface area contributed by atoms with Gasteiger partial charge in [-0.15, -0.1) is 12.6 Å². The average Bonchev–Trinajstić information content (AvgIpc) is 2.45. The fourth-order valence-electron chi connectivity index (χ4n) is 2.77. The first kappa shape index (κ1) is 11.9. The Balaban J connectivity index is 2.09. The summed E-state index contributed by atoms with van der Waals surface area (Å²) in [5, 5.41) is 4.87.